The van der Waals surface area contributed by atoms with Crippen LogP contribution >= 0.6 is 11.6 Å². The fraction of sp³-hybridized carbons (Fsp3) is 0.333. The van der Waals surface area contributed by atoms with Crippen LogP contribution < -0.4 is 0 Å². The van der Waals surface area contributed by atoms with Crippen molar-refractivity contribution in [3.8, 4) is 0 Å². The van der Waals surface area contributed by atoms with Crippen molar-refractivity contribution >= 4 is 17.7 Å². The predicted molar refractivity (Wildman–Crippen MR) is 50.5 cm³/mol. The number of aromatic nitrogens is 1. The zero-order valence-corrected chi connectivity index (χ0v) is 8.17. The molecular weight excluding hydrogens is 188 g/mol. The van der Waals surface area contributed by atoms with E-state index in [9.17, 15) is 4.79 Å². The Morgan fingerprint density at radius 2 is 2.31 bits per heavy atom. The van der Waals surface area contributed by atoms with Gasteiger partial charge in [-0.05, 0) is 19.9 Å². The van der Waals surface area contributed by atoms with Gasteiger partial charge in [-0.15, -0.1) is 0 Å². The third-order valence-electron chi connectivity index (χ3n) is 1.71. The van der Waals surface area contributed by atoms with Crippen molar-refractivity contribution in [2.45, 2.75) is 19.9 Å². The Labute approximate surface area is 81.5 Å². The molecule has 0 aromatic carbocycles. The molecule has 0 bridgehead atoms. The number of halogens is 1. The minimum Gasteiger partial charge on any atom is -0.241 e. The summed E-state index contributed by atoms with van der Waals surface area (Å²) in [7, 11) is 0. The summed E-state index contributed by atoms with van der Waals surface area (Å²) in [6.07, 6.45) is 1.50. The van der Waals surface area contributed by atoms with Crippen LogP contribution in [0.2, 0.25) is 5.15 Å². The monoisotopic (exact) mass is 196 g/mol. The largest absolute Gasteiger partial charge is 0.241 e. The van der Waals surface area contributed by atoms with E-state index in [4.69, 9.17) is 11.6 Å². The molecule has 3 nitrogen and oxygen atoms in total. The van der Waals surface area contributed by atoms with Gasteiger partial charge in [0.05, 0.1) is 6.04 Å². The maximum absolute atomic E-state index is 10.0. The summed E-state index contributed by atoms with van der Waals surface area (Å²) >= 11 is 5.86. The van der Waals surface area contributed by atoms with E-state index in [0.29, 0.717) is 5.15 Å². The number of carbonyl (C=O) groups excluding carboxylic acids is 1. The topological polar surface area (TPSA) is 42.3 Å². The first-order chi connectivity index (χ1) is 6.15. The van der Waals surface area contributed by atoms with Crippen LogP contribution in [0, 0.1) is 6.92 Å². The Hall–Kier alpha value is -1.18. The molecule has 1 atom stereocenters. The lowest BCUT2D eigenvalue weighted by Crippen LogP contribution is -1.94. The smallest absolute Gasteiger partial charge is 0.235 e. The maximum atomic E-state index is 10.0. The van der Waals surface area contributed by atoms with Crippen LogP contribution in [-0.4, -0.2) is 11.1 Å². The van der Waals surface area contributed by atoms with E-state index < -0.39 is 0 Å². The Morgan fingerprint density at radius 1 is 1.62 bits per heavy atom. The first-order valence-electron chi connectivity index (χ1n) is 3.85. The normalized spacial score (nSPS) is 11.9. The summed E-state index contributed by atoms with van der Waals surface area (Å²) in [6.45, 7) is 3.62. The Bertz CT molecular complexity index is 359. The first-order valence-corrected chi connectivity index (χ1v) is 4.23. The summed E-state index contributed by atoms with van der Waals surface area (Å²) in [5, 5.41) is 0.395. The molecule has 0 saturated heterocycles. The fourth-order valence-electron chi connectivity index (χ4n) is 0.996. The second kappa shape index (κ2) is 4.17. The molecule has 1 heterocycles. The van der Waals surface area contributed by atoms with Crippen molar-refractivity contribution in [2.24, 2.45) is 4.99 Å². The molecule has 4 heteroatoms. The maximum Gasteiger partial charge on any atom is 0.235 e. The van der Waals surface area contributed by atoms with Crippen LogP contribution in [0.3, 0.4) is 0 Å². The average molecular weight is 197 g/mol. The molecule has 1 rings (SSSR count). The highest BCUT2D eigenvalue weighted by Crippen LogP contribution is 2.23. The van der Waals surface area contributed by atoms with Crippen LogP contribution in [0.1, 0.15) is 24.2 Å². The van der Waals surface area contributed by atoms with Gasteiger partial charge in [0, 0.05) is 11.3 Å². The summed E-state index contributed by atoms with van der Waals surface area (Å²) in [4.78, 5) is 17.6. The lowest BCUT2D eigenvalue weighted by molar-refractivity contribution is 0.559. The molecule has 0 fully saturated rings. The zero-order valence-electron chi connectivity index (χ0n) is 7.41. The molecule has 0 aliphatic heterocycles. The number of aryl methyl sites for hydroxylation is 1. The Balaban J connectivity index is 3.08. The van der Waals surface area contributed by atoms with Crippen molar-refractivity contribution in [3.63, 3.8) is 0 Å². The van der Waals surface area contributed by atoms with Crippen LogP contribution in [0.25, 0.3) is 0 Å². The quantitative estimate of drug-likeness (QED) is 0.414. The highest BCUT2D eigenvalue weighted by atomic mass is 35.5. The SMILES string of the molecule is Cc1ccc(C(C)N=C=O)c(Cl)n1. The molecule has 1 unspecified atom stereocenters. The molecule has 0 N–H and O–H groups in total. The molecular formula is C9H9ClN2O. The van der Waals surface area contributed by atoms with Crippen LogP contribution in [0.5, 0.6) is 0 Å². The number of hydrogen-bond acceptors (Lipinski definition) is 3. The second-order valence-corrected chi connectivity index (χ2v) is 3.09. The molecule has 13 heavy (non-hydrogen) atoms. The second-order valence-electron chi connectivity index (χ2n) is 2.73. The summed E-state index contributed by atoms with van der Waals surface area (Å²) in [5.41, 5.74) is 1.59. The number of rotatable bonds is 2. The van der Waals surface area contributed by atoms with Gasteiger partial charge < -0.3 is 0 Å². The molecule has 68 valence electrons. The van der Waals surface area contributed by atoms with Gasteiger partial charge in [0.1, 0.15) is 5.15 Å². The predicted octanol–water partition coefficient (Wildman–Crippen LogP) is 2.44. The van der Waals surface area contributed by atoms with Crippen LogP contribution in [0.4, 0.5) is 0 Å². The molecule has 0 saturated carbocycles. The van der Waals surface area contributed by atoms with Crippen molar-refractivity contribution in [1.82, 2.24) is 4.98 Å². The minimum absolute atomic E-state index is 0.280. The van der Waals surface area contributed by atoms with Gasteiger partial charge in [-0.3, -0.25) is 0 Å². The van der Waals surface area contributed by atoms with Crippen molar-refractivity contribution < 1.29 is 4.79 Å². The lowest BCUT2D eigenvalue weighted by atomic mass is 10.1. The van der Waals surface area contributed by atoms with E-state index in [-0.39, 0.29) is 6.04 Å². The molecule has 0 amide bonds. The van der Waals surface area contributed by atoms with Gasteiger partial charge in [0.25, 0.3) is 0 Å². The Kier molecular flexibility index (Phi) is 3.18. The van der Waals surface area contributed by atoms with Gasteiger partial charge in [-0.25, -0.2) is 9.78 Å². The number of nitrogens with zero attached hydrogens (tertiary/aromatic N) is 2. The van der Waals surface area contributed by atoms with Crippen molar-refractivity contribution in [3.05, 3.63) is 28.5 Å². The number of isocyanates is 1. The summed E-state index contributed by atoms with van der Waals surface area (Å²) in [5.74, 6) is 0. The van der Waals surface area contributed by atoms with Crippen LogP contribution in [-0.2, 0) is 4.79 Å². The number of aliphatic imine (C=N–C) groups is 1. The van der Waals surface area contributed by atoms with E-state index in [1.807, 2.05) is 19.1 Å². The molecule has 0 aliphatic rings. The van der Waals surface area contributed by atoms with E-state index in [1.54, 1.807) is 6.92 Å². The lowest BCUT2D eigenvalue weighted by Gasteiger charge is -2.06. The summed E-state index contributed by atoms with van der Waals surface area (Å²) in [6, 6.07) is 3.37. The van der Waals surface area contributed by atoms with Gasteiger partial charge >= 0.3 is 0 Å². The number of hydrogen-bond donors (Lipinski definition) is 0. The first kappa shape index (κ1) is 9.90. The molecule has 1 aromatic heterocycles. The highest BCUT2D eigenvalue weighted by Gasteiger charge is 2.08. The molecule has 0 radical (unpaired) electrons. The van der Waals surface area contributed by atoms with Gasteiger partial charge in [0.2, 0.25) is 6.08 Å². The molecule has 1 aromatic rings. The van der Waals surface area contributed by atoms with Gasteiger partial charge in [0.15, 0.2) is 0 Å². The Morgan fingerprint density at radius 3 is 2.85 bits per heavy atom. The van der Waals surface area contributed by atoms with Crippen molar-refractivity contribution in [1.29, 1.82) is 0 Å². The van der Waals surface area contributed by atoms with E-state index in [2.05, 4.69) is 9.98 Å². The van der Waals surface area contributed by atoms with Crippen molar-refractivity contribution in [2.75, 3.05) is 0 Å². The fourth-order valence-corrected chi connectivity index (χ4v) is 1.35. The average Bonchev–Trinajstić information content (AvgIpc) is 2.04. The van der Waals surface area contributed by atoms with E-state index >= 15 is 0 Å². The highest BCUT2D eigenvalue weighted by molar-refractivity contribution is 6.30. The minimum atomic E-state index is -0.280. The van der Waals surface area contributed by atoms with E-state index in [1.165, 1.54) is 6.08 Å². The van der Waals surface area contributed by atoms with Gasteiger partial charge in [-0.1, -0.05) is 17.7 Å². The standard InChI is InChI=1S/C9H9ClN2O/c1-6-3-4-8(9(10)12-6)7(2)11-5-13/h3-4,7H,1-2H3. The molecule has 0 aliphatic carbocycles. The summed E-state index contributed by atoms with van der Waals surface area (Å²) < 4.78 is 0. The third kappa shape index (κ3) is 2.38. The van der Waals surface area contributed by atoms with E-state index in [0.717, 1.165) is 11.3 Å². The molecule has 0 spiro atoms. The van der Waals surface area contributed by atoms with Gasteiger partial charge in [-0.2, -0.15) is 4.99 Å². The zero-order chi connectivity index (χ0) is 9.84. The third-order valence-corrected chi connectivity index (χ3v) is 2.02. The van der Waals surface area contributed by atoms with Crippen LogP contribution in [0.15, 0.2) is 17.1 Å². The number of pyridine rings is 1.